The lowest BCUT2D eigenvalue weighted by Crippen LogP contribution is -2.18. The van der Waals surface area contributed by atoms with Crippen molar-refractivity contribution >= 4 is 16.8 Å². The molecule has 0 aliphatic carbocycles. The van der Waals surface area contributed by atoms with E-state index in [0.717, 1.165) is 22.3 Å². The second-order valence-corrected chi connectivity index (χ2v) is 4.29. The van der Waals surface area contributed by atoms with Crippen molar-refractivity contribution in [3.63, 3.8) is 0 Å². The van der Waals surface area contributed by atoms with E-state index in [9.17, 15) is 4.79 Å². The van der Waals surface area contributed by atoms with E-state index in [1.54, 1.807) is 5.48 Å². The molecule has 0 fully saturated rings. The number of carbonyl (C=O) groups is 1. The average Bonchev–Trinajstić information content (AvgIpc) is 2.43. The molecule has 0 radical (unpaired) electrons. The number of fused-ring (bicyclic) bond motifs is 1. The standard InChI is InChI=1S/C14H16N2O3/c1-10-4-5-11-9-12(6-7-13(11)15-10)19-8-2-3-14(17)16-18/h4-7,9,18H,2-3,8H2,1H3,(H,16,17). The number of benzene rings is 1. The number of aromatic nitrogens is 1. The molecule has 1 heterocycles. The first-order chi connectivity index (χ1) is 9.19. The summed E-state index contributed by atoms with van der Waals surface area (Å²) in [5.74, 6) is 0.351. The van der Waals surface area contributed by atoms with Crippen LogP contribution in [0.5, 0.6) is 5.75 Å². The largest absolute Gasteiger partial charge is 0.494 e. The molecule has 0 atom stereocenters. The molecular weight excluding hydrogens is 244 g/mol. The zero-order chi connectivity index (χ0) is 13.7. The van der Waals surface area contributed by atoms with Gasteiger partial charge in [0.15, 0.2) is 0 Å². The molecule has 2 aromatic rings. The number of amides is 1. The molecule has 2 rings (SSSR count). The van der Waals surface area contributed by atoms with Crippen LogP contribution in [0.3, 0.4) is 0 Å². The third kappa shape index (κ3) is 3.66. The maximum atomic E-state index is 10.8. The highest BCUT2D eigenvalue weighted by Gasteiger charge is 2.01. The number of hydrogen-bond acceptors (Lipinski definition) is 4. The molecule has 0 unspecified atom stereocenters. The highest BCUT2D eigenvalue weighted by atomic mass is 16.5. The van der Waals surface area contributed by atoms with Crippen molar-refractivity contribution in [3.8, 4) is 5.75 Å². The zero-order valence-corrected chi connectivity index (χ0v) is 10.7. The van der Waals surface area contributed by atoms with Gasteiger partial charge in [-0.1, -0.05) is 6.07 Å². The number of ether oxygens (including phenoxy) is 1. The maximum Gasteiger partial charge on any atom is 0.243 e. The Morgan fingerprint density at radius 3 is 3.00 bits per heavy atom. The lowest BCUT2D eigenvalue weighted by molar-refractivity contribution is -0.129. The van der Waals surface area contributed by atoms with Gasteiger partial charge in [0.05, 0.1) is 12.1 Å². The van der Waals surface area contributed by atoms with Crippen LogP contribution in [-0.2, 0) is 4.79 Å². The second-order valence-electron chi connectivity index (χ2n) is 4.29. The predicted octanol–water partition coefficient (Wildman–Crippen LogP) is 2.21. The number of nitrogens with one attached hydrogen (secondary N) is 1. The Morgan fingerprint density at radius 2 is 2.21 bits per heavy atom. The van der Waals surface area contributed by atoms with Crippen LogP contribution in [0.25, 0.3) is 10.9 Å². The third-order valence-corrected chi connectivity index (χ3v) is 2.74. The van der Waals surface area contributed by atoms with Crippen molar-refractivity contribution in [3.05, 3.63) is 36.0 Å². The average molecular weight is 260 g/mol. The van der Waals surface area contributed by atoms with E-state index in [-0.39, 0.29) is 6.42 Å². The fourth-order valence-electron chi connectivity index (χ4n) is 1.77. The van der Waals surface area contributed by atoms with Crippen molar-refractivity contribution in [2.24, 2.45) is 0 Å². The number of rotatable bonds is 5. The van der Waals surface area contributed by atoms with Gasteiger partial charge in [-0.05, 0) is 37.6 Å². The van der Waals surface area contributed by atoms with Gasteiger partial charge in [-0.25, -0.2) is 5.48 Å². The quantitative estimate of drug-likeness (QED) is 0.491. The molecular formula is C14H16N2O3. The van der Waals surface area contributed by atoms with Gasteiger partial charge < -0.3 is 4.74 Å². The predicted molar refractivity (Wildman–Crippen MR) is 71.1 cm³/mol. The van der Waals surface area contributed by atoms with Gasteiger partial charge in [-0.3, -0.25) is 15.0 Å². The first-order valence-corrected chi connectivity index (χ1v) is 6.12. The first-order valence-electron chi connectivity index (χ1n) is 6.12. The molecule has 0 saturated carbocycles. The molecule has 0 bridgehead atoms. The molecule has 0 saturated heterocycles. The fourth-order valence-corrected chi connectivity index (χ4v) is 1.77. The minimum Gasteiger partial charge on any atom is -0.494 e. The van der Waals surface area contributed by atoms with Crippen LogP contribution in [0.15, 0.2) is 30.3 Å². The lowest BCUT2D eigenvalue weighted by atomic mass is 10.2. The Labute approximate surface area is 111 Å². The monoisotopic (exact) mass is 260 g/mol. The molecule has 1 aromatic heterocycles. The van der Waals surface area contributed by atoms with Crippen LogP contribution in [0.2, 0.25) is 0 Å². The third-order valence-electron chi connectivity index (χ3n) is 2.74. The van der Waals surface area contributed by atoms with Crippen LogP contribution >= 0.6 is 0 Å². The van der Waals surface area contributed by atoms with E-state index in [0.29, 0.717) is 13.0 Å². The minimum atomic E-state index is -0.401. The Hall–Kier alpha value is -2.14. The Morgan fingerprint density at radius 1 is 1.37 bits per heavy atom. The van der Waals surface area contributed by atoms with Crippen LogP contribution in [0, 0.1) is 6.92 Å². The van der Waals surface area contributed by atoms with Gasteiger partial charge in [0, 0.05) is 17.5 Å². The molecule has 2 N–H and O–H groups in total. The SMILES string of the molecule is Cc1ccc2cc(OCCCC(=O)NO)ccc2n1. The minimum absolute atomic E-state index is 0.241. The number of carbonyl (C=O) groups excluding carboxylic acids is 1. The van der Waals surface area contributed by atoms with Gasteiger partial charge in [-0.15, -0.1) is 0 Å². The van der Waals surface area contributed by atoms with Gasteiger partial charge >= 0.3 is 0 Å². The van der Waals surface area contributed by atoms with Gasteiger partial charge in [-0.2, -0.15) is 0 Å². The molecule has 1 aromatic carbocycles. The van der Waals surface area contributed by atoms with Crippen molar-refractivity contribution in [1.29, 1.82) is 0 Å². The normalized spacial score (nSPS) is 10.4. The molecule has 5 nitrogen and oxygen atoms in total. The Balaban J connectivity index is 1.94. The number of nitrogens with zero attached hydrogens (tertiary/aromatic N) is 1. The van der Waals surface area contributed by atoms with E-state index in [1.165, 1.54) is 0 Å². The van der Waals surface area contributed by atoms with Crippen molar-refractivity contribution in [2.75, 3.05) is 6.61 Å². The smallest absolute Gasteiger partial charge is 0.243 e. The van der Waals surface area contributed by atoms with Gasteiger partial charge in [0.1, 0.15) is 5.75 Å². The van der Waals surface area contributed by atoms with Crippen LogP contribution in [-0.4, -0.2) is 22.7 Å². The van der Waals surface area contributed by atoms with Crippen molar-refractivity contribution in [1.82, 2.24) is 10.5 Å². The maximum absolute atomic E-state index is 10.8. The second kappa shape index (κ2) is 6.15. The van der Waals surface area contributed by atoms with E-state index < -0.39 is 5.91 Å². The highest BCUT2D eigenvalue weighted by molar-refractivity contribution is 5.80. The topological polar surface area (TPSA) is 71.5 Å². The summed E-state index contributed by atoms with van der Waals surface area (Å²) >= 11 is 0. The van der Waals surface area contributed by atoms with Crippen LogP contribution in [0.4, 0.5) is 0 Å². The summed E-state index contributed by atoms with van der Waals surface area (Å²) in [6, 6.07) is 9.66. The van der Waals surface area contributed by atoms with Gasteiger partial charge in [0.25, 0.3) is 0 Å². The van der Waals surface area contributed by atoms with E-state index in [1.807, 2.05) is 37.3 Å². The van der Waals surface area contributed by atoms with Crippen LogP contribution < -0.4 is 10.2 Å². The fraction of sp³-hybridized carbons (Fsp3) is 0.286. The highest BCUT2D eigenvalue weighted by Crippen LogP contribution is 2.20. The number of hydrogen-bond donors (Lipinski definition) is 2. The summed E-state index contributed by atoms with van der Waals surface area (Å²) < 4.78 is 5.55. The van der Waals surface area contributed by atoms with Gasteiger partial charge in [0.2, 0.25) is 5.91 Å². The first kappa shape index (κ1) is 13.3. The molecule has 0 spiro atoms. The van der Waals surface area contributed by atoms with E-state index in [2.05, 4.69) is 4.98 Å². The molecule has 0 aliphatic heterocycles. The number of aryl methyl sites for hydroxylation is 1. The molecule has 1 amide bonds. The summed E-state index contributed by atoms with van der Waals surface area (Å²) in [6.45, 7) is 2.38. The number of hydroxylamine groups is 1. The molecule has 0 aliphatic rings. The lowest BCUT2D eigenvalue weighted by Gasteiger charge is -2.07. The molecule has 100 valence electrons. The molecule has 19 heavy (non-hydrogen) atoms. The van der Waals surface area contributed by atoms with Crippen LogP contribution in [0.1, 0.15) is 18.5 Å². The summed E-state index contributed by atoms with van der Waals surface area (Å²) in [4.78, 5) is 15.2. The van der Waals surface area contributed by atoms with E-state index >= 15 is 0 Å². The number of pyridine rings is 1. The summed E-state index contributed by atoms with van der Waals surface area (Å²) in [7, 11) is 0. The summed E-state index contributed by atoms with van der Waals surface area (Å²) in [5, 5.41) is 9.37. The Kier molecular flexibility index (Phi) is 4.30. The Bertz CT molecular complexity index is 584. The van der Waals surface area contributed by atoms with Crippen molar-refractivity contribution < 1.29 is 14.7 Å². The summed E-state index contributed by atoms with van der Waals surface area (Å²) in [6.07, 6.45) is 0.793. The molecule has 5 heteroatoms. The summed E-state index contributed by atoms with van der Waals surface area (Å²) in [5.41, 5.74) is 3.51. The van der Waals surface area contributed by atoms with Crippen molar-refractivity contribution in [2.45, 2.75) is 19.8 Å². The van der Waals surface area contributed by atoms with E-state index in [4.69, 9.17) is 9.94 Å². The zero-order valence-electron chi connectivity index (χ0n) is 10.7.